The van der Waals surface area contributed by atoms with Crippen molar-refractivity contribution < 1.29 is 27.5 Å². The van der Waals surface area contributed by atoms with E-state index in [2.05, 4.69) is 5.10 Å². The van der Waals surface area contributed by atoms with E-state index < -0.39 is 21.9 Å². The molecule has 0 spiro atoms. The van der Waals surface area contributed by atoms with E-state index in [0.717, 1.165) is 10.4 Å². The van der Waals surface area contributed by atoms with Crippen LogP contribution in [0.15, 0.2) is 35.0 Å². The molecule has 0 atom stereocenters. The van der Waals surface area contributed by atoms with E-state index in [1.54, 1.807) is 13.0 Å². The van der Waals surface area contributed by atoms with Crippen LogP contribution >= 0.6 is 11.6 Å². The SMILES string of the molecule is Cc1nn(Cc2ccc(S(=O)(=O)N(C)C)c(Cl)c2)c(C=O)c1CC(F)=CCNC(=O)O. The van der Waals surface area contributed by atoms with E-state index in [0.29, 0.717) is 23.1 Å². The standard InChI is InChI=1S/C19H22ClFN4O5S/c1-12-15(9-14(21)6-7-22-19(27)28)17(11-26)25(23-12)10-13-4-5-18(16(20)8-13)31(29,30)24(2)3/h4-6,8,11,22H,7,9-10H2,1-3H3,(H,27,28). The Balaban J connectivity index is 2.29. The lowest BCUT2D eigenvalue weighted by Crippen LogP contribution is -2.22. The maximum Gasteiger partial charge on any atom is 0.404 e. The summed E-state index contributed by atoms with van der Waals surface area (Å²) in [5.74, 6) is -0.610. The van der Waals surface area contributed by atoms with E-state index in [4.69, 9.17) is 16.7 Å². The molecule has 1 aromatic heterocycles. The van der Waals surface area contributed by atoms with Gasteiger partial charge in [0.05, 0.1) is 17.3 Å². The largest absolute Gasteiger partial charge is 0.465 e. The summed E-state index contributed by atoms with van der Waals surface area (Å²) in [4.78, 5) is 22.1. The number of carbonyl (C=O) groups is 2. The Morgan fingerprint density at radius 1 is 1.39 bits per heavy atom. The average Bonchev–Trinajstić information content (AvgIpc) is 2.95. The zero-order valence-corrected chi connectivity index (χ0v) is 18.7. The highest BCUT2D eigenvalue weighted by Gasteiger charge is 2.21. The molecule has 168 valence electrons. The first-order valence-corrected chi connectivity index (χ1v) is 10.8. The minimum atomic E-state index is -3.71. The van der Waals surface area contributed by atoms with Gasteiger partial charge in [-0.05, 0) is 30.7 Å². The van der Waals surface area contributed by atoms with Crippen LogP contribution in [-0.4, -0.2) is 60.6 Å². The van der Waals surface area contributed by atoms with Crippen molar-refractivity contribution in [3.05, 3.63) is 57.6 Å². The Morgan fingerprint density at radius 2 is 2.06 bits per heavy atom. The summed E-state index contributed by atoms with van der Waals surface area (Å²) in [5, 5.41) is 14.9. The summed E-state index contributed by atoms with van der Waals surface area (Å²) in [6.45, 7) is 1.54. The third-order valence-electron chi connectivity index (χ3n) is 4.42. The fourth-order valence-electron chi connectivity index (χ4n) is 2.82. The number of aryl methyl sites for hydroxylation is 1. The van der Waals surface area contributed by atoms with Gasteiger partial charge in [0, 0.05) is 32.6 Å². The van der Waals surface area contributed by atoms with Crippen molar-refractivity contribution in [1.29, 1.82) is 0 Å². The molecular formula is C19H22ClFN4O5S. The Bertz CT molecular complexity index is 1130. The van der Waals surface area contributed by atoms with Crippen molar-refractivity contribution in [2.24, 2.45) is 0 Å². The van der Waals surface area contributed by atoms with Crippen LogP contribution in [0.3, 0.4) is 0 Å². The molecule has 0 bridgehead atoms. The molecule has 2 rings (SSSR count). The van der Waals surface area contributed by atoms with Crippen LogP contribution in [0.5, 0.6) is 0 Å². The number of aromatic nitrogens is 2. The van der Waals surface area contributed by atoms with Crippen molar-refractivity contribution in [1.82, 2.24) is 19.4 Å². The maximum atomic E-state index is 14.1. The molecule has 12 heteroatoms. The number of aldehydes is 1. The molecule has 1 amide bonds. The summed E-state index contributed by atoms with van der Waals surface area (Å²) in [7, 11) is -0.910. The number of carbonyl (C=O) groups excluding carboxylic acids is 1. The van der Waals surface area contributed by atoms with Gasteiger partial charge >= 0.3 is 6.09 Å². The molecule has 1 aromatic carbocycles. The molecule has 0 aliphatic heterocycles. The summed E-state index contributed by atoms with van der Waals surface area (Å²) >= 11 is 6.16. The molecule has 0 radical (unpaired) electrons. The van der Waals surface area contributed by atoms with Crippen LogP contribution in [0.25, 0.3) is 0 Å². The van der Waals surface area contributed by atoms with Gasteiger partial charge in [-0.1, -0.05) is 17.7 Å². The van der Waals surface area contributed by atoms with Crippen LogP contribution in [-0.2, 0) is 23.0 Å². The van der Waals surface area contributed by atoms with Gasteiger partial charge in [0.15, 0.2) is 6.29 Å². The van der Waals surface area contributed by atoms with Gasteiger partial charge in [0.2, 0.25) is 10.0 Å². The van der Waals surface area contributed by atoms with E-state index in [1.807, 2.05) is 5.32 Å². The Kier molecular flexibility index (Phi) is 7.93. The number of sulfonamides is 1. The second-order valence-corrected chi connectivity index (χ2v) is 9.32. The lowest BCUT2D eigenvalue weighted by atomic mass is 10.1. The molecule has 0 fully saturated rings. The van der Waals surface area contributed by atoms with Gasteiger partial charge in [-0.15, -0.1) is 0 Å². The number of nitrogens with zero attached hydrogens (tertiary/aromatic N) is 3. The number of allylic oxidation sites excluding steroid dienone is 1. The molecule has 0 saturated carbocycles. The first-order valence-electron chi connectivity index (χ1n) is 9.01. The Labute approximate surface area is 184 Å². The van der Waals surface area contributed by atoms with Crippen LogP contribution in [0.2, 0.25) is 5.02 Å². The quantitative estimate of drug-likeness (QED) is 0.541. The predicted molar refractivity (Wildman–Crippen MR) is 113 cm³/mol. The lowest BCUT2D eigenvalue weighted by Gasteiger charge is -2.13. The number of amides is 1. The highest BCUT2D eigenvalue weighted by Crippen LogP contribution is 2.26. The van der Waals surface area contributed by atoms with E-state index in [1.165, 1.54) is 30.9 Å². The summed E-state index contributed by atoms with van der Waals surface area (Å²) < 4.78 is 41.1. The van der Waals surface area contributed by atoms with Crippen molar-refractivity contribution in [2.75, 3.05) is 20.6 Å². The number of hydrogen-bond donors (Lipinski definition) is 2. The topological polar surface area (TPSA) is 122 Å². The van der Waals surface area contributed by atoms with E-state index in [-0.39, 0.29) is 35.1 Å². The predicted octanol–water partition coefficient (Wildman–Crippen LogP) is 2.62. The third-order valence-corrected chi connectivity index (χ3v) is 6.71. The molecule has 31 heavy (non-hydrogen) atoms. The van der Waals surface area contributed by atoms with Gasteiger partial charge in [-0.25, -0.2) is 21.9 Å². The van der Waals surface area contributed by atoms with Gasteiger partial charge in [0.1, 0.15) is 16.4 Å². The van der Waals surface area contributed by atoms with Crippen LogP contribution in [0.1, 0.15) is 27.3 Å². The first-order chi connectivity index (χ1) is 14.5. The summed E-state index contributed by atoms with van der Waals surface area (Å²) in [6, 6.07) is 4.41. The average molecular weight is 473 g/mol. The fraction of sp³-hybridized carbons (Fsp3) is 0.316. The minimum Gasteiger partial charge on any atom is -0.465 e. The van der Waals surface area contributed by atoms with Gasteiger partial charge in [0.25, 0.3) is 0 Å². The highest BCUT2D eigenvalue weighted by atomic mass is 35.5. The van der Waals surface area contributed by atoms with E-state index >= 15 is 0 Å². The van der Waals surface area contributed by atoms with E-state index in [9.17, 15) is 22.4 Å². The second-order valence-electron chi connectivity index (χ2n) is 6.79. The van der Waals surface area contributed by atoms with Crippen molar-refractivity contribution in [2.45, 2.75) is 24.8 Å². The molecule has 0 unspecified atom stereocenters. The minimum absolute atomic E-state index is 0.0304. The number of carboxylic acid groups (broad SMARTS) is 1. The molecule has 1 heterocycles. The monoisotopic (exact) mass is 472 g/mol. The zero-order chi connectivity index (χ0) is 23.3. The molecule has 0 aliphatic carbocycles. The van der Waals surface area contributed by atoms with Gasteiger partial charge in [-0.3, -0.25) is 9.48 Å². The summed E-state index contributed by atoms with van der Waals surface area (Å²) in [6.07, 6.45) is 0.139. The van der Waals surface area contributed by atoms with Crippen LogP contribution < -0.4 is 5.32 Å². The molecule has 0 aliphatic rings. The smallest absolute Gasteiger partial charge is 0.404 e. The number of nitrogens with one attached hydrogen (secondary N) is 1. The van der Waals surface area contributed by atoms with Crippen LogP contribution in [0.4, 0.5) is 9.18 Å². The molecule has 2 N–H and O–H groups in total. The fourth-order valence-corrected chi connectivity index (χ4v) is 4.25. The Hall–Kier alpha value is -2.76. The molecule has 2 aromatic rings. The number of halogens is 2. The van der Waals surface area contributed by atoms with Gasteiger partial charge in [-0.2, -0.15) is 5.10 Å². The number of benzene rings is 1. The number of hydrogen-bond acceptors (Lipinski definition) is 5. The lowest BCUT2D eigenvalue weighted by molar-refractivity contribution is 0.111. The maximum absolute atomic E-state index is 14.1. The third kappa shape index (κ3) is 5.90. The van der Waals surface area contributed by atoms with Crippen molar-refractivity contribution in [3.63, 3.8) is 0 Å². The zero-order valence-electron chi connectivity index (χ0n) is 17.1. The summed E-state index contributed by atoms with van der Waals surface area (Å²) in [5.41, 5.74) is 1.57. The molecule has 0 saturated heterocycles. The molecule has 9 nitrogen and oxygen atoms in total. The van der Waals surface area contributed by atoms with Gasteiger partial charge < -0.3 is 10.4 Å². The van der Waals surface area contributed by atoms with Crippen molar-refractivity contribution in [3.8, 4) is 0 Å². The normalized spacial score (nSPS) is 12.3. The first kappa shape index (κ1) is 24.5. The molecular weight excluding hydrogens is 451 g/mol. The van der Waals surface area contributed by atoms with Crippen LogP contribution in [0, 0.1) is 6.92 Å². The number of rotatable bonds is 9. The van der Waals surface area contributed by atoms with Crippen molar-refractivity contribution >= 4 is 34.0 Å². The highest BCUT2D eigenvalue weighted by molar-refractivity contribution is 7.89. The second kappa shape index (κ2) is 10.0. The Morgan fingerprint density at radius 3 is 2.61 bits per heavy atom.